The van der Waals surface area contributed by atoms with Crippen molar-refractivity contribution in [3.63, 3.8) is 0 Å². The molecule has 160 valence electrons. The van der Waals surface area contributed by atoms with Crippen LogP contribution in [0.5, 0.6) is 5.75 Å². The fraction of sp³-hybridized carbons (Fsp3) is 0.154. The van der Waals surface area contributed by atoms with Crippen LogP contribution in [0.4, 0.5) is 10.1 Å². The number of nitrogens with one attached hydrogen (secondary N) is 1. The number of H-pyrrole nitrogens is 1. The van der Waals surface area contributed by atoms with Crippen LogP contribution in [0.1, 0.15) is 38.9 Å². The molecule has 0 saturated carbocycles. The summed E-state index contributed by atoms with van der Waals surface area (Å²) in [5, 5.41) is 7.46. The Hall–Kier alpha value is -3.93. The number of aromatic nitrogens is 2. The number of amides is 1. The number of halogens is 1. The van der Waals surface area contributed by atoms with Crippen LogP contribution in [0.15, 0.2) is 78.9 Å². The van der Waals surface area contributed by atoms with Crippen LogP contribution < -0.4 is 9.64 Å². The van der Waals surface area contributed by atoms with Crippen LogP contribution in [-0.2, 0) is 12.8 Å². The molecule has 4 aromatic rings. The van der Waals surface area contributed by atoms with Gasteiger partial charge in [-0.05, 0) is 60.4 Å². The first-order valence-corrected chi connectivity index (χ1v) is 10.5. The summed E-state index contributed by atoms with van der Waals surface area (Å²) in [6.07, 6.45) is 1.54. The summed E-state index contributed by atoms with van der Waals surface area (Å²) in [5.41, 5.74) is 4.97. The summed E-state index contributed by atoms with van der Waals surface area (Å²) in [7, 11) is 1.60. The van der Waals surface area contributed by atoms with Crippen LogP contribution in [0.25, 0.3) is 0 Å². The lowest BCUT2D eigenvalue weighted by molar-refractivity contribution is 0.0988. The van der Waals surface area contributed by atoms with E-state index in [1.807, 2.05) is 42.5 Å². The van der Waals surface area contributed by atoms with Crippen molar-refractivity contribution in [2.75, 3.05) is 12.0 Å². The van der Waals surface area contributed by atoms with Gasteiger partial charge in [0.1, 0.15) is 11.6 Å². The van der Waals surface area contributed by atoms with Gasteiger partial charge in [0.15, 0.2) is 5.69 Å². The third-order valence-electron chi connectivity index (χ3n) is 5.88. The predicted octanol–water partition coefficient (Wildman–Crippen LogP) is 5.09. The second-order valence-corrected chi connectivity index (χ2v) is 7.78. The van der Waals surface area contributed by atoms with E-state index in [0.717, 1.165) is 28.9 Å². The van der Waals surface area contributed by atoms with Gasteiger partial charge in [-0.2, -0.15) is 5.10 Å². The van der Waals surface area contributed by atoms with Crippen molar-refractivity contribution in [3.8, 4) is 5.75 Å². The van der Waals surface area contributed by atoms with E-state index in [2.05, 4.69) is 22.3 Å². The molecule has 1 aliphatic heterocycles. The molecule has 6 heteroatoms. The molecule has 1 amide bonds. The lowest BCUT2D eigenvalue weighted by Crippen LogP contribution is -2.29. The predicted molar refractivity (Wildman–Crippen MR) is 120 cm³/mol. The first-order valence-electron chi connectivity index (χ1n) is 10.5. The number of nitrogens with zero attached hydrogens (tertiary/aromatic N) is 2. The molecular weight excluding hydrogens is 405 g/mol. The first-order chi connectivity index (χ1) is 15.7. The van der Waals surface area contributed by atoms with Gasteiger partial charge in [-0.3, -0.25) is 14.8 Å². The number of methoxy groups -OCH3 is 1. The molecule has 2 heterocycles. The molecule has 0 saturated heterocycles. The second kappa shape index (κ2) is 8.30. The van der Waals surface area contributed by atoms with Gasteiger partial charge in [0.05, 0.1) is 13.2 Å². The van der Waals surface area contributed by atoms with Crippen LogP contribution >= 0.6 is 0 Å². The number of hydrogen-bond acceptors (Lipinski definition) is 3. The van der Waals surface area contributed by atoms with Gasteiger partial charge in [-0.25, -0.2) is 4.39 Å². The number of rotatable bonds is 6. The van der Waals surface area contributed by atoms with Crippen LogP contribution in [0.2, 0.25) is 0 Å². The molecule has 1 aromatic heterocycles. The van der Waals surface area contributed by atoms with Crippen molar-refractivity contribution in [1.82, 2.24) is 10.2 Å². The van der Waals surface area contributed by atoms with Gasteiger partial charge < -0.3 is 4.74 Å². The zero-order valence-corrected chi connectivity index (χ0v) is 17.6. The molecule has 5 nitrogen and oxygen atoms in total. The van der Waals surface area contributed by atoms with E-state index in [4.69, 9.17) is 4.74 Å². The monoisotopic (exact) mass is 427 g/mol. The maximum absolute atomic E-state index is 13.7. The van der Waals surface area contributed by atoms with E-state index >= 15 is 0 Å². The summed E-state index contributed by atoms with van der Waals surface area (Å²) < 4.78 is 18.9. The van der Waals surface area contributed by atoms with Crippen molar-refractivity contribution in [3.05, 3.63) is 113 Å². The Labute approximate surface area is 185 Å². The maximum Gasteiger partial charge on any atom is 0.279 e. The normalized spacial score (nSPS) is 15.1. The van der Waals surface area contributed by atoms with Crippen molar-refractivity contribution in [2.45, 2.75) is 18.9 Å². The van der Waals surface area contributed by atoms with Crippen LogP contribution in [0, 0.1) is 5.82 Å². The third kappa shape index (κ3) is 3.54. The minimum absolute atomic E-state index is 0.179. The fourth-order valence-corrected chi connectivity index (χ4v) is 4.28. The molecule has 0 spiro atoms. The van der Waals surface area contributed by atoms with Gasteiger partial charge in [0.2, 0.25) is 0 Å². The summed E-state index contributed by atoms with van der Waals surface area (Å²) in [6.45, 7) is 0. The Kier molecular flexibility index (Phi) is 5.19. The molecule has 1 N–H and O–H groups in total. The van der Waals surface area contributed by atoms with E-state index in [-0.39, 0.29) is 11.7 Å². The van der Waals surface area contributed by atoms with E-state index in [9.17, 15) is 9.18 Å². The topological polar surface area (TPSA) is 58.2 Å². The average Bonchev–Trinajstić information content (AvgIpc) is 3.38. The number of aromatic amines is 1. The SMILES string of the molecule is COc1ccc(N2C(=O)c3n[nH]c(CCc4ccccc4)c3C2c2ccc(F)cc2)cc1. The molecule has 32 heavy (non-hydrogen) atoms. The highest BCUT2D eigenvalue weighted by Gasteiger charge is 2.42. The highest BCUT2D eigenvalue weighted by Crippen LogP contribution is 2.43. The van der Waals surface area contributed by atoms with Crippen LogP contribution in [-0.4, -0.2) is 23.2 Å². The highest BCUT2D eigenvalue weighted by molar-refractivity contribution is 6.10. The molecule has 0 bridgehead atoms. The fourth-order valence-electron chi connectivity index (χ4n) is 4.28. The smallest absolute Gasteiger partial charge is 0.279 e. The van der Waals surface area contributed by atoms with E-state index < -0.39 is 6.04 Å². The molecule has 5 rings (SSSR count). The maximum atomic E-state index is 13.7. The Morgan fingerprint density at radius 3 is 2.38 bits per heavy atom. The second-order valence-electron chi connectivity index (χ2n) is 7.78. The summed E-state index contributed by atoms with van der Waals surface area (Å²) in [4.78, 5) is 15.2. The zero-order chi connectivity index (χ0) is 22.1. The van der Waals surface area contributed by atoms with Crippen molar-refractivity contribution in [1.29, 1.82) is 0 Å². The highest BCUT2D eigenvalue weighted by atomic mass is 19.1. The Balaban J connectivity index is 1.56. The molecule has 0 radical (unpaired) electrons. The zero-order valence-electron chi connectivity index (χ0n) is 17.6. The summed E-state index contributed by atoms with van der Waals surface area (Å²) in [6, 6.07) is 23.5. The number of anilines is 1. The lowest BCUT2D eigenvalue weighted by atomic mass is 9.96. The molecule has 1 aliphatic rings. The summed E-state index contributed by atoms with van der Waals surface area (Å²) >= 11 is 0. The number of ether oxygens (including phenoxy) is 1. The molecule has 1 atom stereocenters. The van der Waals surface area contributed by atoms with Crippen LogP contribution in [0.3, 0.4) is 0 Å². The number of aryl methyl sites for hydroxylation is 2. The number of carbonyl (C=O) groups excluding carboxylic acids is 1. The molecule has 1 unspecified atom stereocenters. The Morgan fingerprint density at radius 2 is 1.69 bits per heavy atom. The molecule has 3 aromatic carbocycles. The van der Waals surface area contributed by atoms with Crippen molar-refractivity contribution in [2.24, 2.45) is 0 Å². The molecular formula is C26H22FN3O2. The third-order valence-corrected chi connectivity index (χ3v) is 5.88. The van der Waals surface area contributed by atoms with E-state index in [1.165, 1.54) is 17.7 Å². The van der Waals surface area contributed by atoms with E-state index in [0.29, 0.717) is 17.9 Å². The Morgan fingerprint density at radius 1 is 0.969 bits per heavy atom. The quantitative estimate of drug-likeness (QED) is 0.466. The molecule has 0 aliphatic carbocycles. The van der Waals surface area contributed by atoms with Gasteiger partial charge in [0.25, 0.3) is 5.91 Å². The number of hydrogen-bond donors (Lipinski definition) is 1. The first kappa shape index (κ1) is 20.0. The van der Waals surface area contributed by atoms with Gasteiger partial charge in [0, 0.05) is 16.9 Å². The number of fused-ring (bicyclic) bond motifs is 1. The van der Waals surface area contributed by atoms with Crippen molar-refractivity contribution < 1.29 is 13.9 Å². The Bertz CT molecular complexity index is 1230. The van der Waals surface area contributed by atoms with Gasteiger partial charge >= 0.3 is 0 Å². The van der Waals surface area contributed by atoms with Gasteiger partial charge in [-0.15, -0.1) is 0 Å². The van der Waals surface area contributed by atoms with Gasteiger partial charge in [-0.1, -0.05) is 42.5 Å². The standard InChI is InChI=1S/C26H22FN3O2/c1-32-21-14-12-20(13-15-21)30-25(18-8-10-19(27)11-9-18)23-22(28-29-24(23)26(30)31)16-7-17-5-3-2-4-6-17/h2-6,8-15,25H,7,16H2,1H3,(H,28,29). The largest absolute Gasteiger partial charge is 0.497 e. The lowest BCUT2D eigenvalue weighted by Gasteiger charge is -2.26. The number of carbonyl (C=O) groups is 1. The average molecular weight is 427 g/mol. The molecule has 0 fully saturated rings. The number of benzene rings is 3. The summed E-state index contributed by atoms with van der Waals surface area (Å²) in [5.74, 6) is 0.216. The van der Waals surface area contributed by atoms with E-state index in [1.54, 1.807) is 24.1 Å². The van der Waals surface area contributed by atoms with Crippen molar-refractivity contribution >= 4 is 11.6 Å². The minimum Gasteiger partial charge on any atom is -0.497 e. The minimum atomic E-state index is -0.393.